The molecule has 1 heterocycles. The maximum Gasteiger partial charge on any atom is 0.119 e. The van der Waals surface area contributed by atoms with Crippen LogP contribution in [0.2, 0.25) is 0 Å². The highest BCUT2D eigenvalue weighted by atomic mass is 16.5. The fraction of sp³-hybridized carbons (Fsp3) is 0.167. The number of nitrogens with zero attached hydrogens (tertiary/aromatic N) is 1. The Bertz CT molecular complexity index is 860. The van der Waals surface area contributed by atoms with Crippen molar-refractivity contribution in [2.45, 2.75) is 18.5 Å². The first-order valence-electron chi connectivity index (χ1n) is 9.08. The van der Waals surface area contributed by atoms with Crippen molar-refractivity contribution in [1.29, 1.82) is 0 Å². The molecule has 0 bridgehead atoms. The molecule has 4 rings (SSSR count). The highest BCUT2D eigenvalue weighted by Gasteiger charge is 2.33. The van der Waals surface area contributed by atoms with E-state index in [1.807, 2.05) is 36.4 Å². The second-order valence-electron chi connectivity index (χ2n) is 6.60. The average molecular weight is 341 g/mol. The van der Waals surface area contributed by atoms with E-state index in [2.05, 4.69) is 66.1 Å². The lowest BCUT2D eigenvalue weighted by molar-refractivity contribution is 0.271. The summed E-state index contributed by atoms with van der Waals surface area (Å²) in [6.45, 7) is 4.77. The van der Waals surface area contributed by atoms with Crippen molar-refractivity contribution in [3.63, 3.8) is 0 Å². The third kappa shape index (κ3) is 3.23. The van der Waals surface area contributed by atoms with Gasteiger partial charge in [0.15, 0.2) is 0 Å². The standard InChI is InChI=1S/C24H23NO/c1-2-24-23-16-10-9-11-19(23)17-21(18-26-22-14-7-4-8-15-22)25(24)20-12-5-3-6-13-20/h2-16,21,24H,1,17-18H2. The molecule has 3 aromatic carbocycles. The van der Waals surface area contributed by atoms with Crippen molar-refractivity contribution in [2.24, 2.45) is 0 Å². The number of benzene rings is 3. The number of fused-ring (bicyclic) bond motifs is 1. The maximum absolute atomic E-state index is 6.13. The Morgan fingerprint density at radius 2 is 1.54 bits per heavy atom. The molecule has 0 fully saturated rings. The molecule has 1 aliphatic heterocycles. The van der Waals surface area contributed by atoms with Crippen LogP contribution in [0, 0.1) is 0 Å². The van der Waals surface area contributed by atoms with E-state index in [-0.39, 0.29) is 12.1 Å². The Morgan fingerprint density at radius 3 is 2.27 bits per heavy atom. The molecular weight excluding hydrogens is 318 g/mol. The quantitative estimate of drug-likeness (QED) is 0.574. The van der Waals surface area contributed by atoms with E-state index in [4.69, 9.17) is 4.74 Å². The molecule has 2 nitrogen and oxygen atoms in total. The van der Waals surface area contributed by atoms with Gasteiger partial charge in [-0.2, -0.15) is 0 Å². The van der Waals surface area contributed by atoms with Gasteiger partial charge in [-0.25, -0.2) is 0 Å². The summed E-state index contributed by atoms with van der Waals surface area (Å²) >= 11 is 0. The van der Waals surface area contributed by atoms with E-state index >= 15 is 0 Å². The van der Waals surface area contributed by atoms with Crippen molar-refractivity contribution in [1.82, 2.24) is 0 Å². The SMILES string of the molecule is C=CC1c2ccccc2CC(COc2ccccc2)N1c1ccccc1. The lowest BCUT2D eigenvalue weighted by atomic mass is 9.87. The van der Waals surface area contributed by atoms with Crippen molar-refractivity contribution in [2.75, 3.05) is 11.5 Å². The first-order chi connectivity index (χ1) is 12.9. The molecule has 2 unspecified atom stereocenters. The number of para-hydroxylation sites is 2. The summed E-state index contributed by atoms with van der Waals surface area (Å²) in [6, 6.07) is 29.7. The third-order valence-corrected chi connectivity index (χ3v) is 4.99. The van der Waals surface area contributed by atoms with E-state index in [9.17, 15) is 0 Å². The zero-order valence-corrected chi connectivity index (χ0v) is 14.8. The second-order valence-corrected chi connectivity index (χ2v) is 6.60. The van der Waals surface area contributed by atoms with E-state index in [1.54, 1.807) is 0 Å². The zero-order chi connectivity index (χ0) is 17.8. The molecule has 0 aliphatic carbocycles. The number of anilines is 1. The predicted molar refractivity (Wildman–Crippen MR) is 108 cm³/mol. The molecule has 0 saturated carbocycles. The molecule has 0 aromatic heterocycles. The third-order valence-electron chi connectivity index (χ3n) is 4.99. The van der Waals surface area contributed by atoms with Gasteiger partial charge in [-0.15, -0.1) is 6.58 Å². The Balaban J connectivity index is 1.68. The number of hydrogen-bond donors (Lipinski definition) is 0. The van der Waals surface area contributed by atoms with Crippen LogP contribution >= 0.6 is 0 Å². The lowest BCUT2D eigenvalue weighted by Crippen LogP contribution is -2.46. The molecule has 0 amide bonds. The Hall–Kier alpha value is -3.00. The van der Waals surface area contributed by atoms with Crippen LogP contribution in [0.5, 0.6) is 5.75 Å². The zero-order valence-electron chi connectivity index (χ0n) is 14.8. The smallest absolute Gasteiger partial charge is 0.119 e. The number of rotatable bonds is 5. The van der Waals surface area contributed by atoms with Crippen LogP contribution in [0.25, 0.3) is 0 Å². The molecular formula is C24H23NO. The minimum Gasteiger partial charge on any atom is -0.491 e. The van der Waals surface area contributed by atoms with Crippen LogP contribution in [-0.2, 0) is 6.42 Å². The fourth-order valence-electron chi connectivity index (χ4n) is 3.80. The maximum atomic E-state index is 6.13. The van der Waals surface area contributed by atoms with Crippen molar-refractivity contribution in [3.8, 4) is 5.75 Å². The van der Waals surface area contributed by atoms with Gasteiger partial charge in [0, 0.05) is 5.69 Å². The summed E-state index contributed by atoms with van der Waals surface area (Å²) in [6.07, 6.45) is 3.00. The minimum atomic E-state index is 0.145. The Morgan fingerprint density at radius 1 is 0.885 bits per heavy atom. The second kappa shape index (κ2) is 7.49. The van der Waals surface area contributed by atoms with Crippen LogP contribution in [0.15, 0.2) is 97.6 Å². The molecule has 3 aromatic rings. The van der Waals surface area contributed by atoms with E-state index in [0.717, 1.165) is 12.2 Å². The summed E-state index contributed by atoms with van der Waals surface area (Å²) in [5, 5.41) is 0. The molecule has 0 radical (unpaired) electrons. The topological polar surface area (TPSA) is 12.5 Å². The van der Waals surface area contributed by atoms with Gasteiger partial charge in [0.2, 0.25) is 0 Å². The van der Waals surface area contributed by atoms with Crippen LogP contribution in [0.3, 0.4) is 0 Å². The number of ether oxygens (including phenoxy) is 1. The van der Waals surface area contributed by atoms with E-state index < -0.39 is 0 Å². The van der Waals surface area contributed by atoms with Gasteiger partial charge in [0.1, 0.15) is 12.4 Å². The van der Waals surface area contributed by atoms with Crippen molar-refractivity contribution in [3.05, 3.63) is 109 Å². The van der Waals surface area contributed by atoms with Gasteiger partial charge < -0.3 is 9.64 Å². The monoisotopic (exact) mass is 341 g/mol. The average Bonchev–Trinajstić information content (AvgIpc) is 2.72. The van der Waals surface area contributed by atoms with Crippen molar-refractivity contribution >= 4 is 5.69 Å². The summed E-state index contributed by atoms with van der Waals surface area (Å²) in [7, 11) is 0. The molecule has 0 N–H and O–H groups in total. The summed E-state index contributed by atoms with van der Waals surface area (Å²) in [4.78, 5) is 2.44. The van der Waals surface area contributed by atoms with Crippen molar-refractivity contribution < 1.29 is 4.74 Å². The minimum absolute atomic E-state index is 0.145. The Kier molecular flexibility index (Phi) is 4.74. The number of hydrogen-bond acceptors (Lipinski definition) is 2. The Labute approximate surface area is 155 Å². The predicted octanol–water partition coefficient (Wildman–Crippen LogP) is 5.42. The summed E-state index contributed by atoms with van der Waals surface area (Å²) < 4.78 is 6.13. The van der Waals surface area contributed by atoms with Crippen LogP contribution < -0.4 is 9.64 Å². The van der Waals surface area contributed by atoms with Gasteiger partial charge >= 0.3 is 0 Å². The highest BCUT2D eigenvalue weighted by molar-refractivity contribution is 5.55. The van der Waals surface area contributed by atoms with E-state index in [0.29, 0.717) is 6.61 Å². The van der Waals surface area contributed by atoms with Gasteiger partial charge in [-0.05, 0) is 41.8 Å². The first-order valence-corrected chi connectivity index (χ1v) is 9.08. The van der Waals surface area contributed by atoms with E-state index in [1.165, 1.54) is 16.8 Å². The van der Waals surface area contributed by atoms with Crippen LogP contribution in [0.4, 0.5) is 5.69 Å². The lowest BCUT2D eigenvalue weighted by Gasteiger charge is -2.43. The van der Waals surface area contributed by atoms with Gasteiger partial charge in [0.05, 0.1) is 12.1 Å². The largest absolute Gasteiger partial charge is 0.491 e. The van der Waals surface area contributed by atoms with Gasteiger partial charge in [-0.1, -0.05) is 66.7 Å². The molecule has 2 heteroatoms. The van der Waals surface area contributed by atoms with Gasteiger partial charge in [0.25, 0.3) is 0 Å². The van der Waals surface area contributed by atoms with Crippen LogP contribution in [-0.4, -0.2) is 12.6 Å². The highest BCUT2D eigenvalue weighted by Crippen LogP contribution is 2.37. The fourth-order valence-corrected chi connectivity index (χ4v) is 3.80. The molecule has 0 saturated heterocycles. The normalized spacial score (nSPS) is 18.8. The van der Waals surface area contributed by atoms with Crippen LogP contribution in [0.1, 0.15) is 17.2 Å². The molecule has 0 spiro atoms. The summed E-state index contributed by atoms with van der Waals surface area (Å²) in [5.41, 5.74) is 3.92. The first kappa shape index (κ1) is 16.5. The molecule has 130 valence electrons. The molecule has 1 aliphatic rings. The molecule has 2 atom stereocenters. The van der Waals surface area contributed by atoms with Gasteiger partial charge in [-0.3, -0.25) is 0 Å². The summed E-state index contributed by atoms with van der Waals surface area (Å²) in [5.74, 6) is 0.912. The molecule has 26 heavy (non-hydrogen) atoms.